The van der Waals surface area contributed by atoms with Crippen molar-refractivity contribution in [1.29, 1.82) is 0 Å². The lowest BCUT2D eigenvalue weighted by molar-refractivity contribution is 0.0691. The minimum absolute atomic E-state index is 0.0283. The fraction of sp³-hybridized carbons (Fsp3) is 0.111. The number of aromatic nitrogens is 3. The van der Waals surface area contributed by atoms with Gasteiger partial charge in [-0.2, -0.15) is 0 Å². The van der Waals surface area contributed by atoms with Gasteiger partial charge in [-0.05, 0) is 11.1 Å². The molecule has 132 valence electrons. The van der Waals surface area contributed by atoms with Crippen LogP contribution in [-0.4, -0.2) is 32.2 Å². The third-order valence-corrected chi connectivity index (χ3v) is 3.55. The highest BCUT2D eigenvalue weighted by molar-refractivity contribution is 5.95. The van der Waals surface area contributed by atoms with Gasteiger partial charge in [0.1, 0.15) is 6.61 Å². The molecule has 0 bridgehead atoms. The van der Waals surface area contributed by atoms with Crippen molar-refractivity contribution in [2.45, 2.75) is 13.2 Å². The number of carbonyl (C=O) groups is 2. The molecule has 26 heavy (non-hydrogen) atoms. The number of carboxylic acid groups (broad SMARTS) is 1. The Morgan fingerprint density at radius 2 is 1.62 bits per heavy atom. The lowest BCUT2D eigenvalue weighted by atomic mass is 10.2. The normalized spacial score (nSPS) is 10.3. The van der Waals surface area contributed by atoms with Crippen molar-refractivity contribution in [3.8, 4) is 0 Å². The number of anilines is 1. The summed E-state index contributed by atoms with van der Waals surface area (Å²) in [4.78, 5) is 23.4. The van der Waals surface area contributed by atoms with Gasteiger partial charge in [-0.1, -0.05) is 65.9 Å². The molecule has 0 spiro atoms. The molecule has 0 fully saturated rings. The topological polar surface area (TPSA) is 106 Å². The smallest absolute Gasteiger partial charge is 0.413 e. The van der Waals surface area contributed by atoms with Gasteiger partial charge < -0.3 is 9.84 Å². The monoisotopic (exact) mass is 352 g/mol. The van der Waals surface area contributed by atoms with E-state index in [2.05, 4.69) is 15.6 Å². The Morgan fingerprint density at radius 3 is 2.23 bits per heavy atom. The van der Waals surface area contributed by atoms with Crippen LogP contribution in [-0.2, 0) is 17.9 Å². The molecule has 3 aromatic rings. The van der Waals surface area contributed by atoms with Gasteiger partial charge in [0, 0.05) is 0 Å². The molecule has 1 heterocycles. The van der Waals surface area contributed by atoms with Gasteiger partial charge in [0.25, 0.3) is 0 Å². The molecule has 0 saturated carbocycles. The third-order valence-electron chi connectivity index (χ3n) is 3.55. The molecule has 0 aliphatic heterocycles. The summed E-state index contributed by atoms with van der Waals surface area (Å²) in [5.41, 5.74) is 1.35. The lowest BCUT2D eigenvalue weighted by Gasteiger charge is -2.09. The molecule has 1 amide bonds. The molecule has 0 unspecified atom stereocenters. The van der Waals surface area contributed by atoms with Crippen molar-refractivity contribution in [1.82, 2.24) is 15.0 Å². The molecule has 3 rings (SSSR count). The summed E-state index contributed by atoms with van der Waals surface area (Å²) in [6.07, 6.45) is -0.784. The molecule has 2 aromatic carbocycles. The van der Waals surface area contributed by atoms with Crippen molar-refractivity contribution >= 4 is 17.9 Å². The quantitative estimate of drug-likeness (QED) is 0.706. The van der Waals surface area contributed by atoms with Crippen LogP contribution in [0.2, 0.25) is 0 Å². The van der Waals surface area contributed by atoms with Crippen molar-refractivity contribution in [3.05, 3.63) is 77.5 Å². The fourth-order valence-electron chi connectivity index (χ4n) is 2.30. The average Bonchev–Trinajstić information content (AvgIpc) is 3.04. The van der Waals surface area contributed by atoms with Crippen LogP contribution >= 0.6 is 0 Å². The summed E-state index contributed by atoms with van der Waals surface area (Å²) in [6.45, 7) is 0.324. The van der Waals surface area contributed by atoms with Gasteiger partial charge in [-0.3, -0.25) is 5.32 Å². The van der Waals surface area contributed by atoms with E-state index in [1.807, 2.05) is 60.7 Å². The second kappa shape index (κ2) is 7.93. The third kappa shape index (κ3) is 4.23. The highest BCUT2D eigenvalue weighted by atomic mass is 16.5. The second-order valence-corrected chi connectivity index (χ2v) is 5.42. The number of nitrogens with zero attached hydrogens (tertiary/aromatic N) is 3. The molecule has 8 heteroatoms. The van der Waals surface area contributed by atoms with E-state index in [-0.39, 0.29) is 24.7 Å². The number of hydrogen-bond acceptors (Lipinski definition) is 5. The first kappa shape index (κ1) is 17.2. The number of hydrogen-bond donors (Lipinski definition) is 2. The van der Waals surface area contributed by atoms with Crippen LogP contribution in [0.1, 0.15) is 21.6 Å². The summed E-state index contributed by atoms with van der Waals surface area (Å²) in [7, 11) is 0. The van der Waals surface area contributed by atoms with Gasteiger partial charge >= 0.3 is 12.1 Å². The van der Waals surface area contributed by atoms with Gasteiger partial charge in [0.2, 0.25) is 5.69 Å². The van der Waals surface area contributed by atoms with Crippen molar-refractivity contribution < 1.29 is 19.4 Å². The highest BCUT2D eigenvalue weighted by Crippen LogP contribution is 2.15. The number of nitrogens with one attached hydrogen (secondary N) is 1. The summed E-state index contributed by atoms with van der Waals surface area (Å²) in [5, 5.41) is 19.1. The van der Waals surface area contributed by atoms with E-state index in [0.717, 1.165) is 11.1 Å². The Morgan fingerprint density at radius 1 is 1.00 bits per heavy atom. The maximum absolute atomic E-state index is 12.1. The van der Waals surface area contributed by atoms with Gasteiger partial charge in [-0.25, -0.2) is 14.3 Å². The Balaban J connectivity index is 1.73. The molecule has 8 nitrogen and oxygen atoms in total. The Kier molecular flexibility index (Phi) is 5.23. The largest absolute Gasteiger partial charge is 0.476 e. The van der Waals surface area contributed by atoms with Crippen LogP contribution in [0, 0.1) is 0 Å². The van der Waals surface area contributed by atoms with Crippen molar-refractivity contribution in [2.24, 2.45) is 0 Å². The van der Waals surface area contributed by atoms with Crippen LogP contribution < -0.4 is 5.32 Å². The number of rotatable bonds is 6. The van der Waals surface area contributed by atoms with Gasteiger partial charge in [-0.15, -0.1) is 5.10 Å². The first-order valence-corrected chi connectivity index (χ1v) is 7.82. The molecule has 0 atom stereocenters. The van der Waals surface area contributed by atoms with E-state index in [1.54, 1.807) is 0 Å². The minimum atomic E-state index is -1.29. The number of amides is 1. The predicted octanol–water partition coefficient (Wildman–Crippen LogP) is 2.77. The summed E-state index contributed by atoms with van der Waals surface area (Å²) >= 11 is 0. The maximum Gasteiger partial charge on any atom is 0.413 e. The zero-order chi connectivity index (χ0) is 18.4. The second-order valence-electron chi connectivity index (χ2n) is 5.42. The summed E-state index contributed by atoms with van der Waals surface area (Å²) in [6, 6.07) is 18.4. The Hall–Kier alpha value is -3.68. The molecule has 1 aromatic heterocycles. The zero-order valence-electron chi connectivity index (χ0n) is 13.7. The van der Waals surface area contributed by atoms with E-state index in [0.29, 0.717) is 0 Å². The first-order chi connectivity index (χ1) is 12.6. The van der Waals surface area contributed by atoms with Gasteiger partial charge in [0.15, 0.2) is 5.82 Å². The summed E-state index contributed by atoms with van der Waals surface area (Å²) in [5.74, 6) is -1.32. The maximum atomic E-state index is 12.1. The highest BCUT2D eigenvalue weighted by Gasteiger charge is 2.21. The number of aromatic carboxylic acids is 1. The van der Waals surface area contributed by atoms with Crippen LogP contribution in [0.5, 0.6) is 0 Å². The number of ether oxygens (including phenoxy) is 1. The van der Waals surface area contributed by atoms with E-state index in [4.69, 9.17) is 4.74 Å². The molecule has 0 aliphatic carbocycles. The van der Waals surface area contributed by atoms with E-state index < -0.39 is 12.1 Å². The lowest BCUT2D eigenvalue weighted by Crippen LogP contribution is -2.19. The molecule has 0 aliphatic rings. The standard InChI is InChI=1S/C18H16N4O4/c23-17(24)15-16(19-18(25)26-12-14-9-5-2-6-10-14)22(21-20-15)11-13-7-3-1-4-8-13/h1-10H,11-12H2,(H,19,25)(H,23,24). The Bertz CT molecular complexity index is 894. The molecule has 0 saturated heterocycles. The van der Waals surface area contributed by atoms with Crippen LogP contribution in [0.15, 0.2) is 60.7 Å². The van der Waals surface area contributed by atoms with Gasteiger partial charge in [0.05, 0.1) is 6.54 Å². The SMILES string of the molecule is O=C(Nc1c(C(=O)O)nnn1Cc1ccccc1)OCc1ccccc1. The molecular formula is C18H16N4O4. The minimum Gasteiger partial charge on any atom is -0.476 e. The molecule has 0 radical (unpaired) electrons. The average molecular weight is 352 g/mol. The van der Waals surface area contributed by atoms with Crippen LogP contribution in [0.3, 0.4) is 0 Å². The number of carbonyl (C=O) groups excluding carboxylic acids is 1. The number of benzene rings is 2. The van der Waals surface area contributed by atoms with Crippen molar-refractivity contribution in [3.63, 3.8) is 0 Å². The van der Waals surface area contributed by atoms with E-state index in [9.17, 15) is 14.7 Å². The predicted molar refractivity (Wildman–Crippen MR) is 92.8 cm³/mol. The summed E-state index contributed by atoms with van der Waals surface area (Å²) < 4.78 is 6.44. The van der Waals surface area contributed by atoms with Crippen molar-refractivity contribution in [2.75, 3.05) is 5.32 Å². The Labute approximate surface area is 149 Å². The van der Waals surface area contributed by atoms with Crippen LogP contribution in [0.25, 0.3) is 0 Å². The van der Waals surface area contributed by atoms with E-state index >= 15 is 0 Å². The first-order valence-electron chi connectivity index (χ1n) is 7.82. The molecular weight excluding hydrogens is 336 g/mol. The zero-order valence-corrected chi connectivity index (χ0v) is 13.7. The van der Waals surface area contributed by atoms with Crippen LogP contribution in [0.4, 0.5) is 10.6 Å². The fourth-order valence-corrected chi connectivity index (χ4v) is 2.30. The number of carboxylic acids is 1. The van der Waals surface area contributed by atoms with E-state index in [1.165, 1.54) is 4.68 Å². The molecule has 2 N–H and O–H groups in total.